The number of para-hydroxylation sites is 2. The molecule has 0 aliphatic rings. The lowest BCUT2D eigenvalue weighted by atomic mass is 9.98. The highest BCUT2D eigenvalue weighted by atomic mass is 32.1. The summed E-state index contributed by atoms with van der Waals surface area (Å²) in [5.74, 6) is 1.96. The van der Waals surface area contributed by atoms with Crippen LogP contribution in [0.3, 0.4) is 0 Å². The van der Waals surface area contributed by atoms with Crippen LogP contribution in [0.1, 0.15) is 0 Å². The topological polar surface area (TPSA) is 41.9 Å². The monoisotopic (exact) mass is 658 g/mol. The average Bonchev–Trinajstić information content (AvgIpc) is 3.58. The molecule has 50 heavy (non-hydrogen) atoms. The molecule has 0 aliphatic heterocycles. The van der Waals surface area contributed by atoms with Crippen molar-refractivity contribution < 1.29 is 0 Å². The van der Waals surface area contributed by atoms with Crippen LogP contribution in [-0.2, 0) is 0 Å². The van der Waals surface area contributed by atoms with Crippen molar-refractivity contribution in [2.45, 2.75) is 0 Å². The molecule has 4 nitrogen and oxygen atoms in total. The van der Waals surface area contributed by atoms with E-state index >= 15 is 0 Å². The molecule has 0 amide bonds. The minimum absolute atomic E-state index is 0.652. The summed E-state index contributed by atoms with van der Waals surface area (Å²) in [7, 11) is 0. The van der Waals surface area contributed by atoms with Gasteiger partial charge in [-0.3, -0.25) is 0 Å². The number of nitrogens with zero attached hydrogens (tertiary/aromatic N) is 4. The lowest BCUT2D eigenvalue weighted by Crippen LogP contribution is -2.09. The second-order valence-electron chi connectivity index (χ2n) is 12.1. The third-order valence-electron chi connectivity index (χ3n) is 8.91. The van der Waals surface area contributed by atoms with Gasteiger partial charge in [0.25, 0.3) is 0 Å². The highest BCUT2D eigenvalue weighted by Crippen LogP contribution is 2.43. The van der Waals surface area contributed by atoms with E-state index in [2.05, 4.69) is 150 Å². The first kappa shape index (κ1) is 29.7. The van der Waals surface area contributed by atoms with Crippen LogP contribution in [0.25, 0.3) is 65.5 Å². The van der Waals surface area contributed by atoms with E-state index in [4.69, 9.17) is 15.0 Å². The zero-order chi connectivity index (χ0) is 33.3. The number of rotatable bonds is 7. The second-order valence-corrected chi connectivity index (χ2v) is 13.2. The van der Waals surface area contributed by atoms with Crippen LogP contribution in [0, 0.1) is 0 Å². The summed E-state index contributed by atoms with van der Waals surface area (Å²) in [4.78, 5) is 17.5. The number of anilines is 3. The number of hydrogen-bond donors (Lipinski definition) is 0. The van der Waals surface area contributed by atoms with E-state index in [1.807, 2.05) is 36.4 Å². The van der Waals surface area contributed by atoms with Gasteiger partial charge in [-0.1, -0.05) is 127 Å². The van der Waals surface area contributed by atoms with Gasteiger partial charge in [-0.15, -0.1) is 11.3 Å². The first-order chi connectivity index (χ1) is 24.8. The summed E-state index contributed by atoms with van der Waals surface area (Å²) in [5, 5.41) is 2.36. The highest BCUT2D eigenvalue weighted by molar-refractivity contribution is 7.26. The van der Waals surface area contributed by atoms with E-state index in [9.17, 15) is 0 Å². The summed E-state index contributed by atoms with van der Waals surface area (Å²) in [6.45, 7) is 0. The molecular weight excluding hydrogens is 629 g/mol. The number of benzene rings is 7. The van der Waals surface area contributed by atoms with E-state index in [0.717, 1.165) is 50.3 Å². The van der Waals surface area contributed by atoms with Gasteiger partial charge in [0.15, 0.2) is 17.5 Å². The van der Waals surface area contributed by atoms with Gasteiger partial charge < -0.3 is 4.90 Å². The molecule has 0 radical (unpaired) electrons. The minimum atomic E-state index is 0.652. The van der Waals surface area contributed by atoms with Gasteiger partial charge in [0.05, 0.1) is 0 Å². The predicted molar refractivity (Wildman–Crippen MR) is 209 cm³/mol. The number of thiophene rings is 1. The van der Waals surface area contributed by atoms with E-state index in [1.54, 1.807) is 11.3 Å². The van der Waals surface area contributed by atoms with Gasteiger partial charge in [0.1, 0.15) is 0 Å². The van der Waals surface area contributed by atoms with Crippen molar-refractivity contribution in [1.29, 1.82) is 0 Å². The van der Waals surface area contributed by atoms with Crippen LogP contribution in [0.15, 0.2) is 182 Å². The van der Waals surface area contributed by atoms with Crippen LogP contribution in [0.5, 0.6) is 0 Å². The Labute approximate surface area is 294 Å². The average molecular weight is 659 g/mol. The maximum absolute atomic E-state index is 5.15. The molecule has 0 fully saturated rings. The fraction of sp³-hybridized carbons (Fsp3) is 0. The molecule has 0 bridgehead atoms. The molecule has 0 spiro atoms. The SMILES string of the molecule is c1ccc(-c2nc(-c3ccccc3)nc(-c3cc(-c4ccc(N(c5ccccc5)c5ccccc5)cc4)cc4sc5ccccc5c34)n2)cc1. The smallest absolute Gasteiger partial charge is 0.164 e. The Bertz CT molecular complexity index is 2470. The Morgan fingerprint density at radius 3 is 1.42 bits per heavy atom. The molecule has 2 aromatic heterocycles. The van der Waals surface area contributed by atoms with E-state index in [1.165, 1.54) is 14.8 Å². The van der Waals surface area contributed by atoms with Crippen LogP contribution in [-0.4, -0.2) is 15.0 Å². The minimum Gasteiger partial charge on any atom is -0.311 e. The molecule has 9 rings (SSSR count). The van der Waals surface area contributed by atoms with Gasteiger partial charge in [-0.2, -0.15) is 0 Å². The summed E-state index contributed by atoms with van der Waals surface area (Å²) >= 11 is 1.80. The van der Waals surface area contributed by atoms with E-state index < -0.39 is 0 Å². The molecule has 0 saturated carbocycles. The first-order valence-electron chi connectivity index (χ1n) is 16.6. The van der Waals surface area contributed by atoms with Crippen molar-refractivity contribution in [2.75, 3.05) is 4.90 Å². The Kier molecular flexibility index (Phi) is 7.65. The van der Waals surface area contributed by atoms with E-state index in [0.29, 0.717) is 17.5 Å². The molecule has 0 atom stereocenters. The maximum Gasteiger partial charge on any atom is 0.164 e. The summed E-state index contributed by atoms with van der Waals surface area (Å²) < 4.78 is 2.43. The van der Waals surface area contributed by atoms with Gasteiger partial charge >= 0.3 is 0 Å². The van der Waals surface area contributed by atoms with Crippen LogP contribution >= 0.6 is 11.3 Å². The Hall–Kier alpha value is -6.43. The largest absolute Gasteiger partial charge is 0.311 e. The third kappa shape index (κ3) is 5.60. The van der Waals surface area contributed by atoms with Gasteiger partial charge in [-0.05, 0) is 65.7 Å². The van der Waals surface area contributed by atoms with Crippen molar-refractivity contribution in [2.24, 2.45) is 0 Å². The van der Waals surface area contributed by atoms with Crippen LogP contribution in [0.4, 0.5) is 17.1 Å². The quantitative estimate of drug-likeness (QED) is 0.171. The van der Waals surface area contributed by atoms with Gasteiger partial charge in [0.2, 0.25) is 0 Å². The summed E-state index contributed by atoms with van der Waals surface area (Å²) in [6, 6.07) is 63.3. The normalized spacial score (nSPS) is 11.2. The second kappa shape index (κ2) is 12.9. The van der Waals surface area contributed by atoms with E-state index in [-0.39, 0.29) is 0 Å². The van der Waals surface area contributed by atoms with Gasteiger partial charge in [-0.25, -0.2) is 15.0 Å². The molecule has 0 unspecified atom stereocenters. The van der Waals surface area contributed by atoms with Crippen molar-refractivity contribution in [3.05, 3.63) is 182 Å². The maximum atomic E-state index is 5.15. The zero-order valence-corrected chi connectivity index (χ0v) is 27.8. The molecule has 7 aromatic carbocycles. The molecule has 0 aliphatic carbocycles. The van der Waals surface area contributed by atoms with Crippen molar-refractivity contribution in [3.8, 4) is 45.3 Å². The Morgan fingerprint density at radius 2 is 0.840 bits per heavy atom. The molecular formula is C45H30N4S. The lowest BCUT2D eigenvalue weighted by Gasteiger charge is -2.25. The first-order valence-corrected chi connectivity index (χ1v) is 17.4. The molecule has 5 heteroatoms. The zero-order valence-electron chi connectivity index (χ0n) is 27.0. The molecule has 2 heterocycles. The molecule has 0 N–H and O–H groups in total. The third-order valence-corrected chi connectivity index (χ3v) is 10.0. The summed E-state index contributed by atoms with van der Waals surface area (Å²) in [6.07, 6.45) is 0. The Morgan fingerprint density at radius 1 is 0.360 bits per heavy atom. The number of fused-ring (bicyclic) bond motifs is 3. The van der Waals surface area contributed by atoms with Crippen molar-refractivity contribution in [3.63, 3.8) is 0 Å². The Balaban J connectivity index is 1.23. The predicted octanol–water partition coefficient (Wildman–Crippen LogP) is 12.4. The fourth-order valence-electron chi connectivity index (χ4n) is 6.53. The van der Waals surface area contributed by atoms with Crippen molar-refractivity contribution in [1.82, 2.24) is 15.0 Å². The van der Waals surface area contributed by atoms with Crippen LogP contribution < -0.4 is 4.90 Å². The highest BCUT2D eigenvalue weighted by Gasteiger charge is 2.19. The number of aromatic nitrogens is 3. The fourth-order valence-corrected chi connectivity index (χ4v) is 7.70. The lowest BCUT2D eigenvalue weighted by molar-refractivity contribution is 1.08. The summed E-state index contributed by atoms with van der Waals surface area (Å²) in [5.41, 5.74) is 8.44. The standard InChI is InChI=1S/C45H30N4S/c1-5-15-32(16-6-1)43-46-44(33-17-7-2-8-18-33)48-45(47-43)39-29-34(30-41-42(39)38-23-13-14-24-40(38)50-41)31-25-27-37(28-26-31)49(35-19-9-3-10-20-35)36-21-11-4-12-22-36/h1-30H. The molecule has 9 aromatic rings. The molecule has 236 valence electrons. The van der Waals surface area contributed by atoms with Crippen LogP contribution in [0.2, 0.25) is 0 Å². The van der Waals surface area contributed by atoms with Gasteiger partial charge in [0, 0.05) is 53.9 Å². The number of hydrogen-bond acceptors (Lipinski definition) is 5. The van der Waals surface area contributed by atoms with Crippen molar-refractivity contribution >= 4 is 48.6 Å². The molecule has 0 saturated heterocycles.